The Labute approximate surface area is 113 Å². The Hall–Kier alpha value is -1.49. The Balaban J connectivity index is 1.68. The van der Waals surface area contributed by atoms with Crippen molar-refractivity contribution in [2.24, 2.45) is 5.92 Å². The van der Waals surface area contributed by atoms with Crippen molar-refractivity contribution >= 4 is 11.5 Å². The summed E-state index contributed by atoms with van der Waals surface area (Å²) in [6.07, 6.45) is 3.50. The predicted molar refractivity (Wildman–Crippen MR) is 74.3 cm³/mol. The lowest BCUT2D eigenvalue weighted by Gasteiger charge is -2.24. The summed E-state index contributed by atoms with van der Waals surface area (Å²) in [5, 5.41) is 3.42. The van der Waals surface area contributed by atoms with Crippen LogP contribution in [0.15, 0.2) is 12.1 Å². The monoisotopic (exact) mass is 263 g/mol. The summed E-state index contributed by atoms with van der Waals surface area (Å²) in [5.41, 5.74) is 6.45. The van der Waals surface area contributed by atoms with Gasteiger partial charge in [0.2, 0.25) is 5.88 Å². The van der Waals surface area contributed by atoms with Crippen LogP contribution in [-0.4, -0.2) is 30.3 Å². The van der Waals surface area contributed by atoms with Gasteiger partial charge in [-0.2, -0.15) is 4.98 Å². The van der Waals surface area contributed by atoms with Crippen molar-refractivity contribution < 1.29 is 9.47 Å². The molecular formula is C14H21N3O2. The highest BCUT2D eigenvalue weighted by Gasteiger charge is 2.30. The Morgan fingerprint density at radius 1 is 1.53 bits per heavy atom. The van der Waals surface area contributed by atoms with Crippen molar-refractivity contribution in [2.45, 2.75) is 31.7 Å². The third kappa shape index (κ3) is 3.10. The second kappa shape index (κ2) is 4.89. The van der Waals surface area contributed by atoms with Crippen LogP contribution in [0.25, 0.3) is 0 Å². The van der Waals surface area contributed by atoms with Crippen molar-refractivity contribution in [1.82, 2.24) is 4.98 Å². The van der Waals surface area contributed by atoms with E-state index < -0.39 is 0 Å². The molecule has 0 spiro atoms. The number of ether oxygens (including phenoxy) is 2. The molecule has 2 aliphatic rings. The summed E-state index contributed by atoms with van der Waals surface area (Å²) in [6, 6.07) is 3.74. The summed E-state index contributed by atoms with van der Waals surface area (Å²) in [5.74, 6) is 2.03. The second-order valence-electron chi connectivity index (χ2n) is 5.83. The average Bonchev–Trinajstić information content (AvgIpc) is 3.12. The molecule has 1 aromatic rings. The van der Waals surface area contributed by atoms with Crippen LogP contribution >= 0.6 is 0 Å². The number of hydrogen-bond acceptors (Lipinski definition) is 5. The molecule has 1 saturated carbocycles. The maximum Gasteiger partial charge on any atom is 0.239 e. The van der Waals surface area contributed by atoms with Crippen molar-refractivity contribution in [3.63, 3.8) is 0 Å². The largest absolute Gasteiger partial charge is 0.476 e. The molecule has 3 rings (SSSR count). The molecule has 5 heteroatoms. The van der Waals surface area contributed by atoms with Gasteiger partial charge in [0.05, 0.1) is 24.4 Å². The van der Waals surface area contributed by atoms with E-state index in [4.69, 9.17) is 15.2 Å². The smallest absolute Gasteiger partial charge is 0.239 e. The molecular weight excluding hydrogens is 242 g/mol. The molecule has 1 aliphatic carbocycles. The van der Waals surface area contributed by atoms with Gasteiger partial charge < -0.3 is 20.5 Å². The summed E-state index contributed by atoms with van der Waals surface area (Å²) >= 11 is 0. The number of nitrogen functional groups attached to an aromatic ring is 1. The topological polar surface area (TPSA) is 69.4 Å². The van der Waals surface area contributed by atoms with E-state index in [0.717, 1.165) is 25.5 Å². The molecule has 1 unspecified atom stereocenters. The number of pyridine rings is 1. The highest BCUT2D eigenvalue weighted by molar-refractivity contribution is 5.54. The fourth-order valence-electron chi connectivity index (χ4n) is 2.19. The van der Waals surface area contributed by atoms with E-state index in [1.807, 2.05) is 12.1 Å². The normalized spacial score (nSPS) is 26.4. The Morgan fingerprint density at radius 3 is 3.05 bits per heavy atom. The summed E-state index contributed by atoms with van der Waals surface area (Å²) in [4.78, 5) is 4.47. The number of nitrogens with zero attached hydrogens (tertiary/aromatic N) is 1. The van der Waals surface area contributed by atoms with Gasteiger partial charge in [-0.1, -0.05) is 0 Å². The number of nitrogens with one attached hydrogen (secondary N) is 1. The quantitative estimate of drug-likeness (QED) is 0.850. The van der Waals surface area contributed by atoms with Gasteiger partial charge in [0.15, 0.2) is 0 Å². The minimum Gasteiger partial charge on any atom is -0.476 e. The molecule has 0 amide bonds. The summed E-state index contributed by atoms with van der Waals surface area (Å²) < 4.78 is 11.1. The van der Waals surface area contributed by atoms with E-state index in [2.05, 4.69) is 17.2 Å². The van der Waals surface area contributed by atoms with Gasteiger partial charge in [0.25, 0.3) is 0 Å². The highest BCUT2D eigenvalue weighted by atomic mass is 16.5. The Kier molecular flexibility index (Phi) is 3.22. The molecule has 1 aromatic heterocycles. The maximum absolute atomic E-state index is 5.90. The third-order valence-electron chi connectivity index (χ3n) is 3.69. The van der Waals surface area contributed by atoms with Crippen molar-refractivity contribution in [1.29, 1.82) is 0 Å². The molecule has 3 N–H and O–H groups in total. The van der Waals surface area contributed by atoms with Gasteiger partial charge in [-0.3, -0.25) is 0 Å². The molecule has 0 bridgehead atoms. The van der Waals surface area contributed by atoms with Crippen LogP contribution < -0.4 is 15.8 Å². The molecule has 1 atom stereocenters. The lowest BCUT2D eigenvalue weighted by atomic mass is 10.0. The van der Waals surface area contributed by atoms with Crippen molar-refractivity contribution in [2.75, 3.05) is 30.9 Å². The summed E-state index contributed by atoms with van der Waals surface area (Å²) in [6.45, 7) is 4.37. The molecule has 5 nitrogen and oxygen atoms in total. The number of rotatable bonds is 5. The van der Waals surface area contributed by atoms with Gasteiger partial charge in [0.1, 0.15) is 5.82 Å². The highest BCUT2D eigenvalue weighted by Crippen LogP contribution is 2.31. The van der Waals surface area contributed by atoms with Crippen molar-refractivity contribution in [3.05, 3.63) is 12.1 Å². The zero-order chi connectivity index (χ0) is 13.3. The Morgan fingerprint density at radius 2 is 2.37 bits per heavy atom. The van der Waals surface area contributed by atoms with Crippen LogP contribution in [0.1, 0.15) is 26.2 Å². The lowest BCUT2D eigenvalue weighted by molar-refractivity contribution is 0.185. The number of anilines is 2. The van der Waals surface area contributed by atoms with Crippen molar-refractivity contribution in [3.8, 4) is 5.88 Å². The fourth-order valence-corrected chi connectivity index (χ4v) is 2.19. The Bertz CT molecular complexity index is 454. The minimum absolute atomic E-state index is 0.0448. The molecule has 19 heavy (non-hydrogen) atoms. The molecule has 2 heterocycles. The van der Waals surface area contributed by atoms with Gasteiger partial charge in [-0.25, -0.2) is 0 Å². The molecule has 104 valence electrons. The molecule has 1 aliphatic heterocycles. The van der Waals surface area contributed by atoms with Crippen LogP contribution in [0.5, 0.6) is 5.88 Å². The molecule has 2 fully saturated rings. The van der Waals surface area contributed by atoms with Gasteiger partial charge in [0, 0.05) is 6.61 Å². The van der Waals surface area contributed by atoms with E-state index in [-0.39, 0.29) is 5.54 Å². The molecule has 0 radical (unpaired) electrons. The average molecular weight is 263 g/mol. The third-order valence-corrected chi connectivity index (χ3v) is 3.69. The zero-order valence-electron chi connectivity index (χ0n) is 11.3. The van der Waals surface area contributed by atoms with Gasteiger partial charge in [-0.15, -0.1) is 0 Å². The van der Waals surface area contributed by atoms with Crippen LogP contribution in [0.4, 0.5) is 11.5 Å². The van der Waals surface area contributed by atoms with Crippen LogP contribution in [0.3, 0.4) is 0 Å². The first-order valence-electron chi connectivity index (χ1n) is 6.90. The van der Waals surface area contributed by atoms with Crippen LogP contribution in [0, 0.1) is 5.92 Å². The van der Waals surface area contributed by atoms with Gasteiger partial charge >= 0.3 is 0 Å². The molecule has 1 saturated heterocycles. The molecule has 0 aromatic carbocycles. The second-order valence-corrected chi connectivity index (χ2v) is 5.83. The number of aromatic nitrogens is 1. The van der Waals surface area contributed by atoms with E-state index in [0.29, 0.717) is 24.1 Å². The predicted octanol–water partition coefficient (Wildman–Crippen LogP) is 2.04. The van der Waals surface area contributed by atoms with Crippen LogP contribution in [-0.2, 0) is 4.74 Å². The SMILES string of the molecule is CC1(Nc2ccc(N)c(OCC3CC3)n2)CCOC1. The first-order chi connectivity index (χ1) is 9.15. The lowest BCUT2D eigenvalue weighted by Crippen LogP contribution is -2.35. The van der Waals surface area contributed by atoms with E-state index in [9.17, 15) is 0 Å². The number of hydrogen-bond donors (Lipinski definition) is 2. The number of nitrogens with two attached hydrogens (primary N) is 1. The van der Waals surface area contributed by atoms with Crippen LogP contribution in [0.2, 0.25) is 0 Å². The minimum atomic E-state index is -0.0448. The first kappa shape index (κ1) is 12.5. The standard InChI is InChI=1S/C14H21N3O2/c1-14(6-7-18-9-14)17-12-5-4-11(15)13(16-12)19-8-10-2-3-10/h4-5,10H,2-3,6-9,15H2,1H3,(H,16,17). The van der Waals surface area contributed by atoms with E-state index in [1.54, 1.807) is 0 Å². The van der Waals surface area contributed by atoms with E-state index in [1.165, 1.54) is 12.8 Å². The maximum atomic E-state index is 5.90. The first-order valence-corrected chi connectivity index (χ1v) is 6.90. The van der Waals surface area contributed by atoms with E-state index >= 15 is 0 Å². The fraction of sp³-hybridized carbons (Fsp3) is 0.643. The van der Waals surface area contributed by atoms with Gasteiger partial charge in [-0.05, 0) is 44.2 Å². The zero-order valence-corrected chi connectivity index (χ0v) is 11.3. The summed E-state index contributed by atoms with van der Waals surface area (Å²) in [7, 11) is 0.